The Hall–Kier alpha value is -1.64. The lowest BCUT2D eigenvalue weighted by atomic mass is 10.1. The van der Waals surface area contributed by atoms with E-state index in [4.69, 9.17) is 0 Å². The first kappa shape index (κ1) is 9.90. The minimum Gasteiger partial charge on any atom is -0.319 e. The SMILES string of the molecule is Cc1cccc2[nH]c(=O)c(C(C)C)nc12. The van der Waals surface area contributed by atoms with Crippen LogP contribution in [0, 0.1) is 6.92 Å². The predicted octanol–water partition coefficient (Wildman–Crippen LogP) is 2.35. The molecule has 1 heterocycles. The number of rotatable bonds is 1. The quantitative estimate of drug-likeness (QED) is 0.771. The average Bonchev–Trinajstić information content (AvgIpc) is 2.16. The molecule has 1 N–H and O–H groups in total. The Morgan fingerprint density at radius 2 is 2.07 bits per heavy atom. The molecule has 2 aromatic rings. The van der Waals surface area contributed by atoms with Crippen LogP contribution in [0.25, 0.3) is 11.0 Å². The number of para-hydroxylation sites is 1. The van der Waals surface area contributed by atoms with Gasteiger partial charge >= 0.3 is 0 Å². The van der Waals surface area contributed by atoms with Gasteiger partial charge in [-0.25, -0.2) is 4.98 Å². The van der Waals surface area contributed by atoms with E-state index in [-0.39, 0.29) is 11.5 Å². The predicted molar refractivity (Wildman–Crippen MR) is 61.2 cm³/mol. The number of aromatic amines is 1. The standard InChI is InChI=1S/C12H14N2O/c1-7(2)10-12(15)13-9-6-4-5-8(3)11(9)14-10/h4-7H,1-3H3,(H,13,15). The lowest BCUT2D eigenvalue weighted by Crippen LogP contribution is -2.16. The van der Waals surface area contributed by atoms with Crippen molar-refractivity contribution in [1.82, 2.24) is 9.97 Å². The Bertz CT molecular complexity index is 555. The number of nitrogens with zero attached hydrogens (tertiary/aromatic N) is 1. The van der Waals surface area contributed by atoms with Gasteiger partial charge in [-0.3, -0.25) is 4.79 Å². The van der Waals surface area contributed by atoms with Crippen molar-refractivity contribution in [3.8, 4) is 0 Å². The molecule has 0 saturated carbocycles. The number of fused-ring (bicyclic) bond motifs is 1. The highest BCUT2D eigenvalue weighted by atomic mass is 16.1. The third-order valence-electron chi connectivity index (χ3n) is 2.50. The fraction of sp³-hybridized carbons (Fsp3) is 0.333. The van der Waals surface area contributed by atoms with Crippen LogP contribution in [0.2, 0.25) is 0 Å². The number of benzene rings is 1. The molecule has 15 heavy (non-hydrogen) atoms. The molecule has 3 heteroatoms. The molecule has 0 aliphatic heterocycles. The molecule has 0 aliphatic carbocycles. The van der Waals surface area contributed by atoms with Crippen LogP contribution >= 0.6 is 0 Å². The molecule has 0 bridgehead atoms. The summed E-state index contributed by atoms with van der Waals surface area (Å²) < 4.78 is 0. The van der Waals surface area contributed by atoms with Gasteiger partial charge in [0.1, 0.15) is 5.69 Å². The van der Waals surface area contributed by atoms with E-state index in [0.29, 0.717) is 5.69 Å². The largest absolute Gasteiger partial charge is 0.319 e. The van der Waals surface area contributed by atoms with Crippen LogP contribution in [-0.2, 0) is 0 Å². The summed E-state index contributed by atoms with van der Waals surface area (Å²) in [5.41, 5.74) is 3.32. The van der Waals surface area contributed by atoms with Crippen LogP contribution < -0.4 is 5.56 Å². The Balaban J connectivity index is 2.84. The molecule has 0 atom stereocenters. The van der Waals surface area contributed by atoms with E-state index in [1.807, 2.05) is 39.0 Å². The molecule has 0 spiro atoms. The van der Waals surface area contributed by atoms with E-state index >= 15 is 0 Å². The van der Waals surface area contributed by atoms with E-state index in [9.17, 15) is 4.79 Å². The van der Waals surface area contributed by atoms with E-state index in [1.54, 1.807) is 0 Å². The van der Waals surface area contributed by atoms with Crippen LogP contribution in [0.3, 0.4) is 0 Å². The molecular weight excluding hydrogens is 188 g/mol. The first-order chi connectivity index (χ1) is 7.09. The molecular formula is C12H14N2O. The van der Waals surface area contributed by atoms with Crippen molar-refractivity contribution in [2.75, 3.05) is 0 Å². The van der Waals surface area contributed by atoms with Crippen molar-refractivity contribution >= 4 is 11.0 Å². The maximum absolute atomic E-state index is 11.7. The monoisotopic (exact) mass is 202 g/mol. The van der Waals surface area contributed by atoms with Crippen LogP contribution in [0.15, 0.2) is 23.0 Å². The number of hydrogen-bond acceptors (Lipinski definition) is 2. The molecule has 2 rings (SSSR count). The second-order valence-electron chi connectivity index (χ2n) is 4.08. The van der Waals surface area contributed by atoms with Gasteiger partial charge in [0.05, 0.1) is 11.0 Å². The third kappa shape index (κ3) is 1.65. The zero-order chi connectivity index (χ0) is 11.0. The second-order valence-corrected chi connectivity index (χ2v) is 4.08. The van der Waals surface area contributed by atoms with E-state index in [1.165, 1.54) is 0 Å². The van der Waals surface area contributed by atoms with Crippen LogP contribution in [0.1, 0.15) is 31.0 Å². The fourth-order valence-corrected chi connectivity index (χ4v) is 1.66. The molecule has 78 valence electrons. The highest BCUT2D eigenvalue weighted by molar-refractivity contribution is 5.77. The third-order valence-corrected chi connectivity index (χ3v) is 2.50. The average molecular weight is 202 g/mol. The highest BCUT2D eigenvalue weighted by Gasteiger charge is 2.09. The highest BCUT2D eigenvalue weighted by Crippen LogP contribution is 2.15. The zero-order valence-electron chi connectivity index (χ0n) is 9.16. The lowest BCUT2D eigenvalue weighted by molar-refractivity contribution is 0.807. The number of aryl methyl sites for hydroxylation is 1. The maximum Gasteiger partial charge on any atom is 0.270 e. The molecule has 0 fully saturated rings. The molecule has 1 aromatic carbocycles. The summed E-state index contributed by atoms with van der Waals surface area (Å²) in [6.07, 6.45) is 0. The summed E-state index contributed by atoms with van der Waals surface area (Å²) >= 11 is 0. The Labute approximate surface area is 88.2 Å². The smallest absolute Gasteiger partial charge is 0.270 e. The van der Waals surface area contributed by atoms with Crippen molar-refractivity contribution in [2.45, 2.75) is 26.7 Å². The normalized spacial score (nSPS) is 11.2. The molecule has 0 radical (unpaired) electrons. The molecule has 0 unspecified atom stereocenters. The molecule has 3 nitrogen and oxygen atoms in total. The number of nitrogens with one attached hydrogen (secondary N) is 1. The molecule has 0 saturated heterocycles. The van der Waals surface area contributed by atoms with Crippen LogP contribution in [0.4, 0.5) is 0 Å². The van der Waals surface area contributed by atoms with Gasteiger partial charge in [0.25, 0.3) is 5.56 Å². The number of aromatic nitrogens is 2. The van der Waals surface area contributed by atoms with Gasteiger partial charge < -0.3 is 4.98 Å². The first-order valence-electron chi connectivity index (χ1n) is 5.09. The van der Waals surface area contributed by atoms with Crippen molar-refractivity contribution in [3.63, 3.8) is 0 Å². The minimum absolute atomic E-state index is 0.0805. The van der Waals surface area contributed by atoms with E-state index in [2.05, 4.69) is 9.97 Å². The topological polar surface area (TPSA) is 45.8 Å². The van der Waals surface area contributed by atoms with Crippen molar-refractivity contribution in [2.24, 2.45) is 0 Å². The van der Waals surface area contributed by atoms with Gasteiger partial charge in [-0.2, -0.15) is 0 Å². The van der Waals surface area contributed by atoms with Crippen molar-refractivity contribution < 1.29 is 0 Å². The van der Waals surface area contributed by atoms with E-state index < -0.39 is 0 Å². The van der Waals surface area contributed by atoms with Gasteiger partial charge in [-0.1, -0.05) is 26.0 Å². The first-order valence-corrected chi connectivity index (χ1v) is 5.09. The van der Waals surface area contributed by atoms with Gasteiger partial charge in [0.2, 0.25) is 0 Å². The Kier molecular flexibility index (Phi) is 2.31. The van der Waals surface area contributed by atoms with E-state index in [0.717, 1.165) is 16.6 Å². The summed E-state index contributed by atoms with van der Waals surface area (Å²) in [5, 5.41) is 0. The van der Waals surface area contributed by atoms with Gasteiger partial charge in [-0.05, 0) is 18.6 Å². The van der Waals surface area contributed by atoms with Gasteiger partial charge in [-0.15, -0.1) is 0 Å². The molecule has 0 aliphatic rings. The van der Waals surface area contributed by atoms with Crippen LogP contribution in [-0.4, -0.2) is 9.97 Å². The Morgan fingerprint density at radius 3 is 2.73 bits per heavy atom. The second kappa shape index (κ2) is 3.50. The number of hydrogen-bond donors (Lipinski definition) is 1. The minimum atomic E-state index is -0.0805. The summed E-state index contributed by atoms with van der Waals surface area (Å²) in [7, 11) is 0. The van der Waals surface area contributed by atoms with Crippen molar-refractivity contribution in [3.05, 3.63) is 39.8 Å². The van der Waals surface area contributed by atoms with Crippen molar-refractivity contribution in [1.29, 1.82) is 0 Å². The summed E-state index contributed by atoms with van der Waals surface area (Å²) in [6.45, 7) is 5.95. The zero-order valence-corrected chi connectivity index (χ0v) is 9.16. The lowest BCUT2D eigenvalue weighted by Gasteiger charge is -2.06. The fourth-order valence-electron chi connectivity index (χ4n) is 1.66. The van der Waals surface area contributed by atoms with Gasteiger partial charge in [0.15, 0.2) is 0 Å². The molecule has 1 aromatic heterocycles. The summed E-state index contributed by atoms with van der Waals surface area (Å²) in [4.78, 5) is 19.0. The Morgan fingerprint density at radius 1 is 1.33 bits per heavy atom. The maximum atomic E-state index is 11.7. The molecule has 0 amide bonds. The summed E-state index contributed by atoms with van der Waals surface area (Å²) in [6, 6.07) is 5.79. The number of H-pyrrole nitrogens is 1. The van der Waals surface area contributed by atoms with Gasteiger partial charge in [0, 0.05) is 5.92 Å². The summed E-state index contributed by atoms with van der Waals surface area (Å²) in [5.74, 6) is 0.151. The van der Waals surface area contributed by atoms with Crippen LogP contribution in [0.5, 0.6) is 0 Å².